The van der Waals surface area contributed by atoms with Crippen LogP contribution in [-0.2, 0) is 0 Å². The van der Waals surface area contributed by atoms with Crippen LogP contribution in [-0.4, -0.2) is 13.3 Å². The van der Waals surface area contributed by atoms with E-state index in [0.29, 0.717) is 4.47 Å². The molecule has 0 N–H and O–H groups in total. The Balaban J connectivity index is 2.44. The lowest BCUT2D eigenvalue weighted by Crippen LogP contribution is -2.43. The fourth-order valence-corrected chi connectivity index (χ4v) is 3.57. The molecule has 0 spiro atoms. The van der Waals surface area contributed by atoms with Crippen molar-refractivity contribution in [2.24, 2.45) is 0 Å². The highest BCUT2D eigenvalue weighted by Gasteiger charge is 2.39. The van der Waals surface area contributed by atoms with Crippen molar-refractivity contribution in [3.05, 3.63) is 22.7 Å². The van der Waals surface area contributed by atoms with Gasteiger partial charge >= 0.3 is 0 Å². The number of hydrogen-bond donors (Lipinski definition) is 0. The number of benzene rings is 1. The van der Waals surface area contributed by atoms with Gasteiger partial charge in [0.2, 0.25) is 0 Å². The quantitative estimate of drug-likeness (QED) is 0.699. The van der Waals surface area contributed by atoms with Crippen molar-refractivity contribution in [3.8, 4) is 5.75 Å². The maximum atomic E-state index is 6.34. The normalized spacial score (nSPS) is 13.0. The lowest BCUT2D eigenvalue weighted by Gasteiger charge is -2.36. The van der Waals surface area contributed by atoms with E-state index in [1.807, 2.05) is 18.2 Å². The Kier molecular flexibility index (Phi) is 3.47. The Bertz CT molecular complexity index is 574. The van der Waals surface area contributed by atoms with Crippen molar-refractivity contribution in [2.45, 2.75) is 38.9 Å². The third-order valence-corrected chi connectivity index (χ3v) is 9.06. The van der Waals surface area contributed by atoms with Crippen LogP contribution in [0.1, 0.15) is 20.8 Å². The number of fused-ring (bicyclic) bond motifs is 1. The Hall–Kier alpha value is -0.583. The van der Waals surface area contributed by atoms with E-state index in [9.17, 15) is 0 Å². The monoisotopic (exact) mass is 299 g/mol. The maximum absolute atomic E-state index is 6.34. The maximum Gasteiger partial charge on any atom is 0.250 e. The van der Waals surface area contributed by atoms with Crippen molar-refractivity contribution < 1.29 is 4.43 Å². The zero-order valence-corrected chi connectivity index (χ0v) is 13.9. The number of aromatic nitrogens is 1. The molecule has 1 aromatic heterocycles. The molecule has 0 unspecified atom stereocenters. The van der Waals surface area contributed by atoms with E-state index < -0.39 is 8.32 Å². The number of nitrogens with zero attached hydrogens (tertiary/aromatic N) is 1. The summed E-state index contributed by atoms with van der Waals surface area (Å²) in [6.07, 6.45) is 0. The molecule has 2 nitrogen and oxygen atoms in total. The van der Waals surface area contributed by atoms with Crippen molar-refractivity contribution in [1.82, 2.24) is 4.98 Å². The van der Waals surface area contributed by atoms with E-state index in [2.05, 4.69) is 38.8 Å². The SMILES string of the molecule is CC(C)(C)[Si](C)(C)Oc1cccc2nc(Cl)sc12. The zero-order chi connectivity index (χ0) is 13.6. The summed E-state index contributed by atoms with van der Waals surface area (Å²) in [5, 5.41) is 0.184. The van der Waals surface area contributed by atoms with Crippen LogP contribution in [0.3, 0.4) is 0 Å². The standard InChI is InChI=1S/C13H18ClNOSSi/c1-13(2,3)18(4,5)16-10-8-6-7-9-11(10)17-12(14)15-9/h6-8H,1-5H3. The second-order valence-corrected chi connectivity index (χ2v) is 12.2. The van der Waals surface area contributed by atoms with Gasteiger partial charge in [0.25, 0.3) is 8.32 Å². The van der Waals surface area contributed by atoms with Crippen molar-refractivity contribution >= 4 is 41.5 Å². The summed E-state index contributed by atoms with van der Waals surface area (Å²) in [5.74, 6) is 0.920. The van der Waals surface area contributed by atoms with Gasteiger partial charge in [0.05, 0.1) is 10.2 Å². The highest BCUT2D eigenvalue weighted by atomic mass is 35.5. The second kappa shape index (κ2) is 4.51. The Morgan fingerprint density at radius 1 is 1.28 bits per heavy atom. The predicted octanol–water partition coefficient (Wildman–Crippen LogP) is 5.33. The van der Waals surface area contributed by atoms with Gasteiger partial charge in [-0.05, 0) is 30.3 Å². The number of hydrogen-bond acceptors (Lipinski definition) is 3. The molecule has 0 atom stereocenters. The summed E-state index contributed by atoms with van der Waals surface area (Å²) in [6.45, 7) is 11.2. The van der Waals surface area contributed by atoms with Crippen LogP contribution in [0.2, 0.25) is 22.6 Å². The minimum atomic E-state index is -1.82. The molecule has 98 valence electrons. The summed E-state index contributed by atoms with van der Waals surface area (Å²) < 4.78 is 7.96. The molecule has 2 rings (SSSR count). The summed E-state index contributed by atoms with van der Waals surface area (Å²) in [5.41, 5.74) is 0.918. The van der Waals surface area contributed by atoms with Gasteiger partial charge in [-0.3, -0.25) is 0 Å². The minimum absolute atomic E-state index is 0.184. The first-order valence-corrected chi connectivity index (χ1v) is 10.0. The largest absolute Gasteiger partial charge is 0.543 e. The van der Waals surface area contributed by atoms with E-state index >= 15 is 0 Å². The lowest BCUT2D eigenvalue weighted by molar-refractivity contribution is 0.497. The molecule has 0 aliphatic carbocycles. The Morgan fingerprint density at radius 2 is 1.94 bits per heavy atom. The topological polar surface area (TPSA) is 22.1 Å². The Labute approximate surface area is 118 Å². The molecule has 0 aliphatic heterocycles. The van der Waals surface area contributed by atoms with Gasteiger partial charge in [-0.1, -0.05) is 49.8 Å². The zero-order valence-electron chi connectivity index (χ0n) is 11.4. The van der Waals surface area contributed by atoms with Gasteiger partial charge in [-0.25, -0.2) is 4.98 Å². The predicted molar refractivity (Wildman–Crippen MR) is 82.5 cm³/mol. The van der Waals surface area contributed by atoms with Crippen LogP contribution in [0.15, 0.2) is 18.2 Å². The fourth-order valence-electron chi connectivity index (χ4n) is 1.40. The molecule has 2 aromatic rings. The molecule has 0 saturated heterocycles. The second-order valence-electron chi connectivity index (χ2n) is 5.93. The summed E-state index contributed by atoms with van der Waals surface area (Å²) in [7, 11) is -1.82. The molecule has 5 heteroatoms. The van der Waals surface area contributed by atoms with Gasteiger partial charge in [-0.15, -0.1) is 0 Å². The van der Waals surface area contributed by atoms with Crippen LogP contribution < -0.4 is 4.43 Å². The number of halogens is 1. The van der Waals surface area contributed by atoms with Crippen LogP contribution in [0.5, 0.6) is 5.75 Å². The summed E-state index contributed by atoms with van der Waals surface area (Å²) in [4.78, 5) is 4.29. The molecular formula is C13H18ClNOSSi. The molecule has 0 amide bonds. The van der Waals surface area contributed by atoms with Crippen molar-refractivity contribution in [1.29, 1.82) is 0 Å². The van der Waals surface area contributed by atoms with E-state index in [4.69, 9.17) is 16.0 Å². The van der Waals surface area contributed by atoms with Crippen LogP contribution in [0.25, 0.3) is 10.2 Å². The molecule has 0 aliphatic rings. The minimum Gasteiger partial charge on any atom is -0.543 e. The van der Waals surface area contributed by atoms with Gasteiger partial charge in [0, 0.05) is 0 Å². The molecule has 0 fully saturated rings. The van der Waals surface area contributed by atoms with Gasteiger partial charge in [0.1, 0.15) is 5.75 Å². The molecular weight excluding hydrogens is 282 g/mol. The summed E-state index contributed by atoms with van der Waals surface area (Å²) >= 11 is 7.46. The average Bonchev–Trinajstić information content (AvgIpc) is 2.57. The van der Waals surface area contributed by atoms with E-state index in [-0.39, 0.29) is 5.04 Å². The van der Waals surface area contributed by atoms with Gasteiger partial charge in [-0.2, -0.15) is 0 Å². The van der Waals surface area contributed by atoms with Crippen LogP contribution in [0, 0.1) is 0 Å². The molecule has 0 radical (unpaired) electrons. The summed E-state index contributed by atoms with van der Waals surface area (Å²) in [6, 6.07) is 5.95. The fraction of sp³-hybridized carbons (Fsp3) is 0.462. The average molecular weight is 300 g/mol. The molecule has 0 bridgehead atoms. The van der Waals surface area contributed by atoms with E-state index in [1.54, 1.807) is 0 Å². The van der Waals surface area contributed by atoms with Crippen LogP contribution >= 0.6 is 22.9 Å². The van der Waals surface area contributed by atoms with Crippen molar-refractivity contribution in [3.63, 3.8) is 0 Å². The highest BCUT2D eigenvalue weighted by molar-refractivity contribution is 7.22. The third-order valence-electron chi connectivity index (χ3n) is 3.52. The Morgan fingerprint density at radius 3 is 2.56 bits per heavy atom. The third kappa shape index (κ3) is 2.55. The number of thiazole rings is 1. The lowest BCUT2D eigenvalue weighted by atomic mass is 10.2. The van der Waals surface area contributed by atoms with Crippen LogP contribution in [0.4, 0.5) is 0 Å². The molecule has 1 aromatic carbocycles. The van der Waals surface area contributed by atoms with Gasteiger partial charge < -0.3 is 4.43 Å². The van der Waals surface area contributed by atoms with Gasteiger partial charge in [0.15, 0.2) is 4.47 Å². The van der Waals surface area contributed by atoms with E-state index in [1.165, 1.54) is 11.3 Å². The smallest absolute Gasteiger partial charge is 0.250 e. The number of rotatable bonds is 2. The molecule has 1 heterocycles. The first-order valence-electron chi connectivity index (χ1n) is 5.95. The molecule has 0 saturated carbocycles. The van der Waals surface area contributed by atoms with E-state index in [0.717, 1.165) is 16.0 Å². The first kappa shape index (κ1) is 13.8. The van der Waals surface area contributed by atoms with Crippen molar-refractivity contribution in [2.75, 3.05) is 0 Å². The first-order chi connectivity index (χ1) is 8.21. The molecule has 18 heavy (non-hydrogen) atoms. The highest BCUT2D eigenvalue weighted by Crippen LogP contribution is 2.40.